The molecule has 1 nitrogen and oxygen atoms in total. The third kappa shape index (κ3) is 4.34. The largest absolute Gasteiger partial charge is 0.376 e. The molecule has 0 amide bonds. The zero-order valence-corrected chi connectivity index (χ0v) is 11.3. The minimum Gasteiger partial charge on any atom is -0.376 e. The lowest BCUT2D eigenvalue weighted by Gasteiger charge is -2.14. The number of hydrogen-bond donors (Lipinski definition) is 0. The van der Waals surface area contributed by atoms with Gasteiger partial charge >= 0.3 is 0 Å². The number of benzene rings is 2. The Hall–Kier alpha value is -1.38. The Morgan fingerprint density at radius 2 is 1.68 bits per heavy atom. The van der Waals surface area contributed by atoms with E-state index >= 15 is 0 Å². The summed E-state index contributed by atoms with van der Waals surface area (Å²) in [6.07, 6.45) is 0. The molecule has 1 unspecified atom stereocenters. The number of hydrogen-bond acceptors (Lipinski definition) is 1. The Morgan fingerprint density at radius 3 is 2.32 bits per heavy atom. The van der Waals surface area contributed by atoms with E-state index in [4.69, 9.17) is 16.3 Å². The Balaban J connectivity index is 1.87. The molecule has 1 atom stereocenters. The lowest BCUT2D eigenvalue weighted by atomic mass is 10.0. The van der Waals surface area contributed by atoms with Gasteiger partial charge in [0.15, 0.2) is 0 Å². The maximum absolute atomic E-state index is 12.9. The van der Waals surface area contributed by atoms with Crippen LogP contribution in [0.3, 0.4) is 0 Å². The smallest absolute Gasteiger partial charge is 0.123 e. The zero-order chi connectivity index (χ0) is 13.5. The van der Waals surface area contributed by atoms with Crippen molar-refractivity contribution in [3.63, 3.8) is 0 Å². The molecule has 0 N–H and O–H groups in total. The summed E-state index contributed by atoms with van der Waals surface area (Å²) < 4.78 is 18.5. The summed E-state index contributed by atoms with van der Waals surface area (Å²) >= 11 is 5.95. The molecule has 0 bridgehead atoms. The molecule has 2 rings (SSSR count). The highest BCUT2D eigenvalue weighted by atomic mass is 35.5. The third-order valence-corrected chi connectivity index (χ3v) is 3.33. The summed E-state index contributed by atoms with van der Waals surface area (Å²) in [6, 6.07) is 16.4. The van der Waals surface area contributed by atoms with E-state index in [0.29, 0.717) is 19.1 Å². The minimum absolute atomic E-state index is 0.0889. The van der Waals surface area contributed by atoms with Crippen LogP contribution >= 0.6 is 11.6 Å². The van der Waals surface area contributed by atoms with Crippen molar-refractivity contribution in [1.29, 1.82) is 0 Å². The van der Waals surface area contributed by atoms with Crippen LogP contribution in [-0.2, 0) is 11.3 Å². The maximum Gasteiger partial charge on any atom is 0.123 e. The first kappa shape index (κ1) is 14.0. The Labute approximate surface area is 118 Å². The van der Waals surface area contributed by atoms with Crippen LogP contribution in [0, 0.1) is 5.82 Å². The average molecular weight is 279 g/mol. The van der Waals surface area contributed by atoms with Gasteiger partial charge in [0, 0.05) is 11.8 Å². The van der Waals surface area contributed by atoms with Crippen LogP contribution in [0.15, 0.2) is 54.6 Å². The number of ether oxygens (including phenoxy) is 1. The summed E-state index contributed by atoms with van der Waals surface area (Å²) in [5, 5.41) is 0. The predicted octanol–water partition coefficient (Wildman–Crippen LogP) is 4.36. The van der Waals surface area contributed by atoms with E-state index in [9.17, 15) is 4.39 Å². The van der Waals surface area contributed by atoms with Gasteiger partial charge < -0.3 is 4.74 Å². The number of halogens is 2. The highest BCUT2D eigenvalue weighted by molar-refractivity contribution is 6.18. The standard InChI is InChI=1S/C16H16ClFO/c17-10-15(14-6-8-16(18)9-7-14)12-19-11-13-4-2-1-3-5-13/h1-9,15H,10-12H2. The van der Waals surface area contributed by atoms with Crippen molar-refractivity contribution < 1.29 is 9.13 Å². The topological polar surface area (TPSA) is 9.23 Å². The molecule has 0 aliphatic rings. The van der Waals surface area contributed by atoms with E-state index in [2.05, 4.69) is 0 Å². The van der Waals surface area contributed by atoms with Crippen molar-refractivity contribution in [3.8, 4) is 0 Å². The second kappa shape index (κ2) is 7.27. The van der Waals surface area contributed by atoms with Gasteiger partial charge in [-0.2, -0.15) is 0 Å². The molecule has 100 valence electrons. The summed E-state index contributed by atoms with van der Waals surface area (Å²) in [4.78, 5) is 0. The molecule has 0 aliphatic heterocycles. The monoisotopic (exact) mass is 278 g/mol. The number of rotatable bonds is 6. The van der Waals surface area contributed by atoms with Crippen LogP contribution in [0.5, 0.6) is 0 Å². The maximum atomic E-state index is 12.9. The van der Waals surface area contributed by atoms with Gasteiger partial charge in [0.1, 0.15) is 5.82 Å². The Kier molecular flexibility index (Phi) is 5.37. The molecule has 0 heterocycles. The summed E-state index contributed by atoms with van der Waals surface area (Å²) in [6.45, 7) is 1.10. The molecule has 0 aliphatic carbocycles. The Bertz CT molecular complexity index is 484. The molecule has 0 fully saturated rings. The van der Waals surface area contributed by atoms with Crippen molar-refractivity contribution in [2.45, 2.75) is 12.5 Å². The van der Waals surface area contributed by atoms with Crippen molar-refractivity contribution in [2.24, 2.45) is 0 Å². The fourth-order valence-electron chi connectivity index (χ4n) is 1.86. The van der Waals surface area contributed by atoms with Gasteiger partial charge in [-0.1, -0.05) is 42.5 Å². The van der Waals surface area contributed by atoms with Crippen LogP contribution in [0.25, 0.3) is 0 Å². The number of alkyl halides is 1. The van der Waals surface area contributed by atoms with Crippen molar-refractivity contribution in [1.82, 2.24) is 0 Å². The molecule has 19 heavy (non-hydrogen) atoms. The van der Waals surface area contributed by atoms with Gasteiger partial charge in [-0.15, -0.1) is 11.6 Å². The normalized spacial score (nSPS) is 12.3. The molecule has 0 spiro atoms. The van der Waals surface area contributed by atoms with Crippen LogP contribution in [0.2, 0.25) is 0 Å². The summed E-state index contributed by atoms with van der Waals surface area (Å²) in [5.74, 6) is 0.314. The van der Waals surface area contributed by atoms with E-state index in [1.54, 1.807) is 12.1 Å². The quantitative estimate of drug-likeness (QED) is 0.713. The molecule has 2 aromatic carbocycles. The van der Waals surface area contributed by atoms with Gasteiger partial charge in [0.2, 0.25) is 0 Å². The molecule has 0 aromatic heterocycles. The molecule has 0 saturated heterocycles. The molecule has 0 saturated carbocycles. The highest BCUT2D eigenvalue weighted by Crippen LogP contribution is 2.19. The summed E-state index contributed by atoms with van der Waals surface area (Å²) in [5.41, 5.74) is 2.14. The van der Waals surface area contributed by atoms with E-state index in [1.165, 1.54) is 12.1 Å². The minimum atomic E-state index is -0.234. The third-order valence-electron chi connectivity index (χ3n) is 2.96. The van der Waals surface area contributed by atoms with Gasteiger partial charge in [-0.05, 0) is 23.3 Å². The first-order chi connectivity index (χ1) is 9.29. The van der Waals surface area contributed by atoms with E-state index in [1.807, 2.05) is 30.3 Å². The van der Waals surface area contributed by atoms with Gasteiger partial charge in [0.25, 0.3) is 0 Å². The lowest BCUT2D eigenvalue weighted by Crippen LogP contribution is -2.09. The first-order valence-corrected chi connectivity index (χ1v) is 6.76. The zero-order valence-electron chi connectivity index (χ0n) is 10.6. The predicted molar refractivity (Wildman–Crippen MR) is 76.0 cm³/mol. The molecule has 3 heteroatoms. The van der Waals surface area contributed by atoms with Crippen molar-refractivity contribution in [2.75, 3.05) is 12.5 Å². The molecule has 0 radical (unpaired) electrons. The summed E-state index contributed by atoms with van der Waals surface area (Å²) in [7, 11) is 0. The van der Waals surface area contributed by atoms with E-state index in [-0.39, 0.29) is 11.7 Å². The Morgan fingerprint density at radius 1 is 1.00 bits per heavy atom. The molecular weight excluding hydrogens is 263 g/mol. The van der Waals surface area contributed by atoms with Crippen LogP contribution in [-0.4, -0.2) is 12.5 Å². The SMILES string of the molecule is Fc1ccc(C(CCl)COCc2ccccc2)cc1. The van der Waals surface area contributed by atoms with Crippen molar-refractivity contribution in [3.05, 3.63) is 71.5 Å². The van der Waals surface area contributed by atoms with Crippen LogP contribution in [0.4, 0.5) is 4.39 Å². The van der Waals surface area contributed by atoms with Gasteiger partial charge in [-0.3, -0.25) is 0 Å². The van der Waals surface area contributed by atoms with Gasteiger partial charge in [-0.25, -0.2) is 4.39 Å². The van der Waals surface area contributed by atoms with E-state index in [0.717, 1.165) is 11.1 Å². The van der Waals surface area contributed by atoms with Crippen LogP contribution < -0.4 is 0 Å². The lowest BCUT2D eigenvalue weighted by molar-refractivity contribution is 0.111. The van der Waals surface area contributed by atoms with Crippen molar-refractivity contribution >= 4 is 11.6 Å². The fraction of sp³-hybridized carbons (Fsp3) is 0.250. The molecular formula is C16H16ClFO. The van der Waals surface area contributed by atoms with Gasteiger partial charge in [0.05, 0.1) is 13.2 Å². The second-order valence-electron chi connectivity index (χ2n) is 4.40. The van der Waals surface area contributed by atoms with Crippen LogP contribution in [0.1, 0.15) is 17.0 Å². The highest BCUT2D eigenvalue weighted by Gasteiger charge is 2.10. The van der Waals surface area contributed by atoms with E-state index < -0.39 is 0 Å². The first-order valence-electron chi connectivity index (χ1n) is 6.22. The second-order valence-corrected chi connectivity index (χ2v) is 4.71. The molecule has 2 aromatic rings. The average Bonchev–Trinajstić information content (AvgIpc) is 2.46. The fourth-order valence-corrected chi connectivity index (χ4v) is 2.13.